The van der Waals surface area contributed by atoms with Gasteiger partial charge in [-0.05, 0) is 18.2 Å². The molecule has 4 nitrogen and oxygen atoms in total. The fourth-order valence-corrected chi connectivity index (χ4v) is 1.53. The zero-order valence-electron chi connectivity index (χ0n) is 12.5. The van der Waals surface area contributed by atoms with Crippen LogP contribution in [0.3, 0.4) is 0 Å². The quantitative estimate of drug-likeness (QED) is 0.784. The Morgan fingerprint density at radius 1 is 1.14 bits per heavy atom. The van der Waals surface area contributed by atoms with E-state index in [-0.39, 0.29) is 11.4 Å². The van der Waals surface area contributed by atoms with Gasteiger partial charge >= 0.3 is 6.18 Å². The number of H-pyrrole nitrogens is 1. The summed E-state index contributed by atoms with van der Waals surface area (Å²) in [6.07, 6.45) is -1.02. The molecule has 0 spiro atoms. The smallest absolute Gasteiger partial charge is 0.385 e. The molecule has 0 atom stereocenters. The van der Waals surface area contributed by atoms with E-state index in [0.717, 1.165) is 6.07 Å². The molecule has 3 N–H and O–H groups in total. The normalized spacial score (nSPS) is 11.5. The standard InChI is InChI=1S/C10H13F3N2O.C5H5N/c1-9(2,3)7(16)5-4-6(10(11,12)13)15-8(5)14;1-2-4-6-5-3-1/h4,15H,14H2,1-3H3;1-5H. The number of hydrogen-bond donors (Lipinski definition) is 2. The van der Waals surface area contributed by atoms with E-state index in [2.05, 4.69) is 4.98 Å². The van der Waals surface area contributed by atoms with E-state index < -0.39 is 23.1 Å². The summed E-state index contributed by atoms with van der Waals surface area (Å²) in [5, 5.41) is 0. The third-order valence-corrected chi connectivity index (χ3v) is 2.65. The van der Waals surface area contributed by atoms with Crippen molar-refractivity contribution in [2.45, 2.75) is 26.9 Å². The number of pyridine rings is 1. The number of aromatic nitrogens is 2. The SMILES string of the molecule is CC(C)(C)C(=O)c1cc(C(F)(F)F)[nH]c1N.c1ccncc1. The highest BCUT2D eigenvalue weighted by atomic mass is 19.4. The van der Waals surface area contributed by atoms with Gasteiger partial charge in [0.05, 0.1) is 5.56 Å². The maximum Gasteiger partial charge on any atom is 0.431 e. The second kappa shape index (κ2) is 6.64. The summed E-state index contributed by atoms with van der Waals surface area (Å²) in [6.45, 7) is 4.86. The average Bonchev–Trinajstić information content (AvgIpc) is 2.81. The van der Waals surface area contributed by atoms with Crippen LogP contribution in [0.25, 0.3) is 0 Å². The molecule has 2 heterocycles. The number of hydrogen-bond acceptors (Lipinski definition) is 3. The van der Waals surface area contributed by atoms with Crippen LogP contribution in [0.1, 0.15) is 36.8 Å². The molecule has 22 heavy (non-hydrogen) atoms. The third-order valence-electron chi connectivity index (χ3n) is 2.65. The molecule has 0 amide bonds. The predicted molar refractivity (Wildman–Crippen MR) is 78.2 cm³/mol. The number of carbonyl (C=O) groups excluding carboxylic acids is 1. The molecule has 2 aromatic heterocycles. The first-order valence-corrected chi connectivity index (χ1v) is 6.49. The molecule has 0 aliphatic rings. The number of carbonyl (C=O) groups is 1. The second-order valence-corrected chi connectivity index (χ2v) is 5.61. The number of Topliss-reactive ketones (excluding diaryl/α,β-unsaturated/α-hetero) is 1. The number of ketones is 1. The summed E-state index contributed by atoms with van der Waals surface area (Å²) >= 11 is 0. The van der Waals surface area contributed by atoms with Gasteiger partial charge in [0, 0.05) is 17.8 Å². The van der Waals surface area contributed by atoms with Gasteiger partial charge in [-0.3, -0.25) is 9.78 Å². The lowest BCUT2D eigenvalue weighted by molar-refractivity contribution is -0.140. The van der Waals surface area contributed by atoms with Crippen LogP contribution < -0.4 is 5.73 Å². The molecule has 0 radical (unpaired) electrons. The van der Waals surface area contributed by atoms with Gasteiger partial charge in [0.1, 0.15) is 11.5 Å². The Labute approximate surface area is 126 Å². The van der Waals surface area contributed by atoms with Gasteiger partial charge in [-0.15, -0.1) is 0 Å². The van der Waals surface area contributed by atoms with Gasteiger partial charge < -0.3 is 10.7 Å². The largest absolute Gasteiger partial charge is 0.431 e. The summed E-state index contributed by atoms with van der Waals surface area (Å²) in [5.41, 5.74) is 3.48. The minimum atomic E-state index is -4.52. The number of aromatic amines is 1. The molecule has 0 aliphatic carbocycles. The van der Waals surface area contributed by atoms with Crippen LogP contribution in [0, 0.1) is 5.41 Å². The maximum absolute atomic E-state index is 12.3. The first-order valence-electron chi connectivity index (χ1n) is 6.49. The van der Waals surface area contributed by atoms with Gasteiger partial charge in [-0.25, -0.2) is 0 Å². The fourth-order valence-electron chi connectivity index (χ4n) is 1.53. The van der Waals surface area contributed by atoms with Crippen molar-refractivity contribution in [3.63, 3.8) is 0 Å². The molecule has 7 heteroatoms. The van der Waals surface area contributed by atoms with Crippen LogP contribution in [0.5, 0.6) is 0 Å². The van der Waals surface area contributed by atoms with Crippen molar-refractivity contribution in [1.82, 2.24) is 9.97 Å². The molecule has 120 valence electrons. The molecule has 2 aromatic rings. The first-order chi connectivity index (χ1) is 10.0. The first kappa shape index (κ1) is 17.7. The summed E-state index contributed by atoms with van der Waals surface area (Å²) < 4.78 is 37.0. The second-order valence-electron chi connectivity index (χ2n) is 5.61. The molecule has 0 aliphatic heterocycles. The Morgan fingerprint density at radius 2 is 1.68 bits per heavy atom. The van der Waals surface area contributed by atoms with Gasteiger partial charge in [-0.1, -0.05) is 26.8 Å². The summed E-state index contributed by atoms with van der Waals surface area (Å²) in [5.74, 6) is -0.663. The Morgan fingerprint density at radius 3 is 1.95 bits per heavy atom. The van der Waals surface area contributed by atoms with Crippen molar-refractivity contribution in [1.29, 1.82) is 0 Å². The number of halogens is 3. The van der Waals surface area contributed by atoms with Crippen molar-refractivity contribution in [2.75, 3.05) is 5.73 Å². The lowest BCUT2D eigenvalue weighted by atomic mass is 9.87. The maximum atomic E-state index is 12.3. The van der Waals surface area contributed by atoms with Crippen molar-refractivity contribution >= 4 is 11.6 Å². The van der Waals surface area contributed by atoms with Gasteiger partial charge in [0.15, 0.2) is 5.78 Å². The van der Waals surface area contributed by atoms with Crippen LogP contribution in [-0.2, 0) is 6.18 Å². The number of nitrogens with zero attached hydrogens (tertiary/aromatic N) is 1. The molecular weight excluding hydrogens is 295 g/mol. The summed E-state index contributed by atoms with van der Waals surface area (Å²) in [6, 6.07) is 6.47. The van der Waals surface area contributed by atoms with Gasteiger partial charge in [-0.2, -0.15) is 13.2 Å². The van der Waals surface area contributed by atoms with Crippen molar-refractivity contribution in [2.24, 2.45) is 5.41 Å². The highest BCUT2D eigenvalue weighted by Crippen LogP contribution is 2.33. The molecule has 0 aromatic carbocycles. The Bertz CT molecular complexity index is 586. The van der Waals surface area contributed by atoms with Crippen LogP contribution in [0.15, 0.2) is 36.7 Å². The third kappa shape index (κ3) is 4.91. The zero-order chi connectivity index (χ0) is 17.0. The minimum Gasteiger partial charge on any atom is -0.385 e. The van der Waals surface area contributed by atoms with Crippen LogP contribution >= 0.6 is 0 Å². The van der Waals surface area contributed by atoms with E-state index in [9.17, 15) is 18.0 Å². The fraction of sp³-hybridized carbons (Fsp3) is 0.333. The number of nitrogens with two attached hydrogens (primary N) is 1. The molecular formula is C15H18F3N3O. The Hall–Kier alpha value is -2.31. The average molecular weight is 313 g/mol. The van der Waals surface area contributed by atoms with E-state index >= 15 is 0 Å². The number of nitrogens with one attached hydrogen (secondary N) is 1. The summed E-state index contributed by atoms with van der Waals surface area (Å²) in [4.78, 5) is 17.5. The minimum absolute atomic E-state index is 0.111. The lowest BCUT2D eigenvalue weighted by Gasteiger charge is -2.15. The molecule has 2 rings (SSSR count). The Balaban J connectivity index is 0.000000335. The van der Waals surface area contributed by atoms with Crippen molar-refractivity contribution in [3.05, 3.63) is 47.9 Å². The number of rotatable bonds is 1. The topological polar surface area (TPSA) is 71.8 Å². The van der Waals surface area contributed by atoms with E-state index in [0.29, 0.717) is 0 Å². The predicted octanol–water partition coefficient (Wildman–Crippen LogP) is 3.93. The van der Waals surface area contributed by atoms with Crippen molar-refractivity contribution < 1.29 is 18.0 Å². The lowest BCUT2D eigenvalue weighted by Crippen LogP contribution is -2.20. The highest BCUT2D eigenvalue weighted by molar-refractivity contribution is 6.03. The van der Waals surface area contributed by atoms with Gasteiger partial charge in [0.25, 0.3) is 0 Å². The van der Waals surface area contributed by atoms with Gasteiger partial charge in [0.2, 0.25) is 0 Å². The monoisotopic (exact) mass is 313 g/mol. The summed E-state index contributed by atoms with van der Waals surface area (Å²) in [7, 11) is 0. The molecule has 0 saturated carbocycles. The molecule has 0 fully saturated rings. The molecule has 0 saturated heterocycles. The Kier molecular flexibility index (Phi) is 5.35. The van der Waals surface area contributed by atoms with Crippen LogP contribution in [0.4, 0.5) is 19.0 Å². The number of anilines is 1. The number of nitrogen functional groups attached to an aromatic ring is 1. The molecule has 0 unspecified atom stereocenters. The van der Waals surface area contributed by atoms with E-state index in [4.69, 9.17) is 5.73 Å². The molecule has 0 bridgehead atoms. The van der Waals surface area contributed by atoms with Crippen molar-refractivity contribution in [3.8, 4) is 0 Å². The van der Waals surface area contributed by atoms with Crippen LogP contribution in [0.2, 0.25) is 0 Å². The zero-order valence-corrected chi connectivity index (χ0v) is 12.5. The van der Waals surface area contributed by atoms with Crippen LogP contribution in [-0.4, -0.2) is 15.8 Å². The highest BCUT2D eigenvalue weighted by Gasteiger charge is 2.35. The van der Waals surface area contributed by atoms with E-state index in [1.54, 1.807) is 33.2 Å². The van der Waals surface area contributed by atoms with E-state index in [1.165, 1.54) is 0 Å². The van der Waals surface area contributed by atoms with E-state index in [1.807, 2.05) is 23.2 Å². The number of alkyl halides is 3.